The molecule has 25 heavy (non-hydrogen) atoms. The van der Waals surface area contributed by atoms with Gasteiger partial charge in [-0.05, 0) is 12.5 Å². The first kappa shape index (κ1) is 17.5. The number of nitrogens with zero attached hydrogens (tertiary/aromatic N) is 3. The summed E-state index contributed by atoms with van der Waals surface area (Å²) in [6, 6.07) is 3.79. The highest BCUT2D eigenvalue weighted by molar-refractivity contribution is 7.89. The molecule has 0 atom stereocenters. The predicted molar refractivity (Wildman–Crippen MR) is 88.6 cm³/mol. The van der Waals surface area contributed by atoms with Crippen LogP contribution in [0.5, 0.6) is 0 Å². The van der Waals surface area contributed by atoms with Crippen LogP contribution in [0, 0.1) is 17.0 Å². The van der Waals surface area contributed by atoms with Gasteiger partial charge in [0.1, 0.15) is 0 Å². The number of hydrogen-bond donors (Lipinski definition) is 1. The fourth-order valence-corrected chi connectivity index (χ4v) is 4.04. The molecule has 134 valence electrons. The van der Waals surface area contributed by atoms with Crippen LogP contribution in [0.3, 0.4) is 0 Å². The molecule has 1 aromatic heterocycles. The van der Waals surface area contributed by atoms with Crippen molar-refractivity contribution in [2.75, 3.05) is 13.2 Å². The van der Waals surface area contributed by atoms with Crippen molar-refractivity contribution >= 4 is 15.7 Å². The van der Waals surface area contributed by atoms with E-state index in [0.717, 1.165) is 23.7 Å². The highest BCUT2D eigenvalue weighted by Crippen LogP contribution is 2.21. The molecule has 2 aromatic rings. The van der Waals surface area contributed by atoms with E-state index in [1.54, 1.807) is 17.8 Å². The van der Waals surface area contributed by atoms with E-state index in [4.69, 9.17) is 4.74 Å². The molecule has 0 aliphatic carbocycles. The highest BCUT2D eigenvalue weighted by Gasteiger charge is 2.21. The van der Waals surface area contributed by atoms with E-state index in [9.17, 15) is 18.5 Å². The van der Waals surface area contributed by atoms with Crippen molar-refractivity contribution in [2.45, 2.75) is 31.4 Å². The Kier molecular flexibility index (Phi) is 4.84. The lowest BCUT2D eigenvalue weighted by atomic mass is 10.2. The number of nitro groups is 1. The van der Waals surface area contributed by atoms with E-state index in [0.29, 0.717) is 25.3 Å². The first-order chi connectivity index (χ1) is 11.9. The first-order valence-electron chi connectivity index (χ1n) is 7.74. The van der Waals surface area contributed by atoms with Crippen LogP contribution in [0.1, 0.15) is 16.8 Å². The standard InChI is InChI=1S/C15H18N4O5S/c1-11-2-3-13(19(20)21)8-15(11)25(22,23)17-5-6-18-14-4-7-24-10-12(14)9-16-18/h2-3,8-9,17H,4-7,10H2,1H3. The Labute approximate surface area is 144 Å². The summed E-state index contributed by atoms with van der Waals surface area (Å²) in [6.45, 7) is 3.26. The average molecular weight is 366 g/mol. The molecule has 1 N–H and O–H groups in total. The van der Waals surface area contributed by atoms with Crippen molar-refractivity contribution in [3.05, 3.63) is 51.3 Å². The molecule has 0 saturated carbocycles. The molecule has 3 rings (SSSR count). The number of fused-ring (bicyclic) bond motifs is 1. The summed E-state index contributed by atoms with van der Waals surface area (Å²) in [6.07, 6.45) is 2.47. The predicted octanol–water partition coefficient (Wildman–Crippen LogP) is 1.15. The van der Waals surface area contributed by atoms with Crippen LogP contribution in [-0.2, 0) is 34.3 Å². The zero-order valence-corrected chi connectivity index (χ0v) is 14.5. The molecule has 0 spiro atoms. The molecule has 0 radical (unpaired) electrons. The quantitative estimate of drug-likeness (QED) is 0.605. The second kappa shape index (κ2) is 6.90. The van der Waals surface area contributed by atoms with Crippen LogP contribution in [0.15, 0.2) is 29.3 Å². The van der Waals surface area contributed by atoms with E-state index in [-0.39, 0.29) is 17.1 Å². The van der Waals surface area contributed by atoms with E-state index >= 15 is 0 Å². The van der Waals surface area contributed by atoms with Gasteiger partial charge in [0.25, 0.3) is 5.69 Å². The number of aryl methyl sites for hydroxylation is 1. The van der Waals surface area contributed by atoms with Crippen molar-refractivity contribution in [3.63, 3.8) is 0 Å². The Morgan fingerprint density at radius 1 is 1.44 bits per heavy atom. The Hall–Kier alpha value is -2.30. The molecule has 10 heteroatoms. The molecule has 9 nitrogen and oxygen atoms in total. The maximum atomic E-state index is 12.5. The second-order valence-electron chi connectivity index (χ2n) is 5.75. The summed E-state index contributed by atoms with van der Waals surface area (Å²) >= 11 is 0. The molecule has 1 aromatic carbocycles. The minimum absolute atomic E-state index is 0.0856. The Balaban J connectivity index is 1.71. The summed E-state index contributed by atoms with van der Waals surface area (Å²) in [4.78, 5) is 10.2. The molecular weight excluding hydrogens is 348 g/mol. The topological polar surface area (TPSA) is 116 Å². The number of hydrogen-bond acceptors (Lipinski definition) is 6. The molecule has 0 bridgehead atoms. The lowest BCUT2D eigenvalue weighted by Gasteiger charge is -2.15. The van der Waals surface area contributed by atoms with Gasteiger partial charge in [-0.15, -0.1) is 0 Å². The molecule has 0 fully saturated rings. The second-order valence-corrected chi connectivity index (χ2v) is 7.48. The number of nitro benzene ring substituents is 1. The van der Waals surface area contributed by atoms with Crippen LogP contribution in [0.25, 0.3) is 0 Å². The molecule has 0 unspecified atom stereocenters. The lowest BCUT2D eigenvalue weighted by molar-refractivity contribution is -0.385. The van der Waals surface area contributed by atoms with Gasteiger partial charge in [0.2, 0.25) is 10.0 Å². The van der Waals surface area contributed by atoms with Gasteiger partial charge in [-0.1, -0.05) is 6.07 Å². The number of rotatable bonds is 6. The van der Waals surface area contributed by atoms with Crippen molar-refractivity contribution in [3.8, 4) is 0 Å². The summed E-state index contributed by atoms with van der Waals surface area (Å²) in [5.41, 5.74) is 2.26. The van der Waals surface area contributed by atoms with Gasteiger partial charge in [-0.25, -0.2) is 13.1 Å². The largest absolute Gasteiger partial charge is 0.376 e. The maximum Gasteiger partial charge on any atom is 0.270 e. The smallest absolute Gasteiger partial charge is 0.270 e. The number of aromatic nitrogens is 2. The average Bonchev–Trinajstić information content (AvgIpc) is 2.98. The summed E-state index contributed by atoms with van der Waals surface area (Å²) in [5.74, 6) is 0. The normalized spacial score (nSPS) is 14.3. The monoisotopic (exact) mass is 366 g/mol. The molecule has 0 saturated heterocycles. The number of benzene rings is 1. The van der Waals surface area contributed by atoms with Gasteiger partial charge >= 0.3 is 0 Å². The maximum absolute atomic E-state index is 12.5. The third kappa shape index (κ3) is 3.70. The zero-order valence-electron chi connectivity index (χ0n) is 13.6. The van der Waals surface area contributed by atoms with E-state index < -0.39 is 14.9 Å². The number of ether oxygens (including phenoxy) is 1. The highest BCUT2D eigenvalue weighted by atomic mass is 32.2. The number of non-ortho nitro benzene ring substituents is 1. The van der Waals surface area contributed by atoms with Gasteiger partial charge in [0.05, 0.1) is 35.8 Å². The van der Waals surface area contributed by atoms with Crippen molar-refractivity contribution < 1.29 is 18.1 Å². The molecule has 1 aliphatic heterocycles. The fourth-order valence-electron chi connectivity index (χ4n) is 2.76. The van der Waals surface area contributed by atoms with Crippen molar-refractivity contribution in [1.29, 1.82) is 0 Å². The SMILES string of the molecule is Cc1ccc([N+](=O)[O-])cc1S(=O)(=O)NCCn1ncc2c1CCOC2. The molecular formula is C15H18N4O5S. The zero-order chi connectivity index (χ0) is 18.0. The minimum atomic E-state index is -3.84. The third-order valence-electron chi connectivity index (χ3n) is 4.06. The Morgan fingerprint density at radius 2 is 2.24 bits per heavy atom. The minimum Gasteiger partial charge on any atom is -0.376 e. The van der Waals surface area contributed by atoms with E-state index in [1.165, 1.54) is 12.1 Å². The Morgan fingerprint density at radius 3 is 3.00 bits per heavy atom. The van der Waals surface area contributed by atoms with E-state index in [1.807, 2.05) is 0 Å². The van der Waals surface area contributed by atoms with Gasteiger partial charge < -0.3 is 4.74 Å². The van der Waals surface area contributed by atoms with Crippen LogP contribution in [-0.4, -0.2) is 36.3 Å². The van der Waals surface area contributed by atoms with Crippen LogP contribution in [0.2, 0.25) is 0 Å². The van der Waals surface area contributed by atoms with Crippen molar-refractivity contribution in [1.82, 2.24) is 14.5 Å². The van der Waals surface area contributed by atoms with Crippen molar-refractivity contribution in [2.24, 2.45) is 0 Å². The summed E-state index contributed by atoms with van der Waals surface area (Å²) < 4.78 is 34.5. The number of nitrogens with one attached hydrogen (secondary N) is 1. The van der Waals surface area contributed by atoms with Crippen LogP contribution >= 0.6 is 0 Å². The van der Waals surface area contributed by atoms with Gasteiger partial charge in [0, 0.05) is 36.4 Å². The van der Waals surface area contributed by atoms with Crippen LogP contribution < -0.4 is 4.72 Å². The number of sulfonamides is 1. The van der Waals surface area contributed by atoms with Gasteiger partial charge in [-0.3, -0.25) is 14.8 Å². The van der Waals surface area contributed by atoms with E-state index in [2.05, 4.69) is 9.82 Å². The van der Waals surface area contributed by atoms with Gasteiger partial charge in [0.15, 0.2) is 0 Å². The first-order valence-corrected chi connectivity index (χ1v) is 9.23. The lowest BCUT2D eigenvalue weighted by Crippen LogP contribution is -2.29. The van der Waals surface area contributed by atoms with Crippen LogP contribution in [0.4, 0.5) is 5.69 Å². The third-order valence-corrected chi connectivity index (χ3v) is 5.67. The summed E-state index contributed by atoms with van der Waals surface area (Å²) in [7, 11) is -3.84. The molecule has 0 amide bonds. The molecule has 2 heterocycles. The Bertz CT molecular complexity index is 907. The van der Waals surface area contributed by atoms with Gasteiger partial charge in [-0.2, -0.15) is 5.10 Å². The fraction of sp³-hybridized carbons (Fsp3) is 0.400. The molecule has 1 aliphatic rings. The summed E-state index contributed by atoms with van der Waals surface area (Å²) in [5, 5.41) is 15.1.